The Bertz CT molecular complexity index is 493. The van der Waals surface area contributed by atoms with Crippen molar-refractivity contribution in [3.63, 3.8) is 0 Å². The maximum Gasteiger partial charge on any atom is 0.319 e. The second-order valence-electron chi connectivity index (χ2n) is 4.80. The molecule has 0 fully saturated rings. The van der Waals surface area contributed by atoms with Crippen LogP contribution in [0.15, 0.2) is 18.3 Å². The zero-order valence-corrected chi connectivity index (χ0v) is 13.3. The fraction of sp³-hybridized carbons (Fsp3) is 0.533. The third kappa shape index (κ3) is 6.43. The number of amides is 3. The number of hydrogen-bond donors (Lipinski definition) is 3. The van der Waals surface area contributed by atoms with E-state index in [9.17, 15) is 9.59 Å². The van der Waals surface area contributed by atoms with Crippen LogP contribution in [0, 0.1) is 0 Å². The molecule has 1 atom stereocenters. The Morgan fingerprint density at radius 3 is 2.82 bits per heavy atom. The third-order valence-electron chi connectivity index (χ3n) is 2.96. The van der Waals surface area contributed by atoms with Gasteiger partial charge in [0.2, 0.25) is 11.8 Å². The lowest BCUT2D eigenvalue weighted by molar-refractivity contribution is -0.121. The van der Waals surface area contributed by atoms with Crippen molar-refractivity contribution in [3.8, 4) is 5.88 Å². The minimum atomic E-state index is -0.398. The molecule has 1 unspecified atom stereocenters. The molecule has 122 valence electrons. The van der Waals surface area contributed by atoms with Crippen LogP contribution in [0.1, 0.15) is 33.6 Å². The molecule has 7 nitrogen and oxygen atoms in total. The van der Waals surface area contributed by atoms with Crippen LogP contribution < -0.4 is 20.7 Å². The normalized spacial score (nSPS) is 11.4. The van der Waals surface area contributed by atoms with E-state index < -0.39 is 6.03 Å². The van der Waals surface area contributed by atoms with Crippen LogP contribution in [-0.2, 0) is 4.79 Å². The largest absolute Gasteiger partial charge is 0.476 e. The van der Waals surface area contributed by atoms with Crippen molar-refractivity contribution >= 4 is 17.6 Å². The van der Waals surface area contributed by atoms with Gasteiger partial charge in [-0.15, -0.1) is 0 Å². The van der Waals surface area contributed by atoms with Gasteiger partial charge in [0, 0.05) is 25.2 Å². The number of anilines is 1. The monoisotopic (exact) mass is 308 g/mol. The van der Waals surface area contributed by atoms with Crippen molar-refractivity contribution in [2.45, 2.75) is 39.7 Å². The minimum Gasteiger partial charge on any atom is -0.476 e. The highest BCUT2D eigenvalue weighted by molar-refractivity contribution is 5.90. The number of rotatable bonds is 8. The highest BCUT2D eigenvalue weighted by Crippen LogP contribution is 2.19. The molecule has 0 aliphatic carbocycles. The lowest BCUT2D eigenvalue weighted by Crippen LogP contribution is -2.36. The van der Waals surface area contributed by atoms with Crippen LogP contribution in [0.3, 0.4) is 0 Å². The minimum absolute atomic E-state index is 0.0777. The van der Waals surface area contributed by atoms with Gasteiger partial charge in [-0.25, -0.2) is 9.78 Å². The number of carbonyl (C=O) groups excluding carboxylic acids is 2. The molecule has 0 bridgehead atoms. The predicted octanol–water partition coefficient (Wildman–Crippen LogP) is 1.91. The lowest BCUT2D eigenvalue weighted by Gasteiger charge is -2.12. The topological polar surface area (TPSA) is 92.3 Å². The highest BCUT2D eigenvalue weighted by Gasteiger charge is 2.09. The summed E-state index contributed by atoms with van der Waals surface area (Å²) < 4.78 is 5.32. The maximum absolute atomic E-state index is 11.8. The summed E-state index contributed by atoms with van der Waals surface area (Å²) in [5.74, 6) is 0.292. The van der Waals surface area contributed by atoms with E-state index in [4.69, 9.17) is 4.74 Å². The van der Waals surface area contributed by atoms with Gasteiger partial charge in [-0.05, 0) is 32.4 Å². The first kappa shape index (κ1) is 17.7. The van der Waals surface area contributed by atoms with Gasteiger partial charge in [0.05, 0.1) is 6.61 Å². The molecule has 22 heavy (non-hydrogen) atoms. The van der Waals surface area contributed by atoms with Crippen LogP contribution in [0.5, 0.6) is 5.88 Å². The van der Waals surface area contributed by atoms with Crippen molar-refractivity contribution in [1.82, 2.24) is 15.6 Å². The van der Waals surface area contributed by atoms with Crippen LogP contribution in [0.2, 0.25) is 0 Å². The SMILES string of the molecule is CCOc1ncccc1NC(=O)NCCC(=O)NC(C)CC. The summed E-state index contributed by atoms with van der Waals surface area (Å²) in [7, 11) is 0. The summed E-state index contributed by atoms with van der Waals surface area (Å²) in [5, 5.41) is 8.12. The summed E-state index contributed by atoms with van der Waals surface area (Å²) >= 11 is 0. The first-order chi connectivity index (χ1) is 10.6. The third-order valence-corrected chi connectivity index (χ3v) is 2.96. The fourth-order valence-electron chi connectivity index (χ4n) is 1.64. The Kier molecular flexibility index (Phi) is 7.74. The molecular weight excluding hydrogens is 284 g/mol. The maximum atomic E-state index is 11.8. The second-order valence-corrected chi connectivity index (χ2v) is 4.80. The molecule has 1 heterocycles. The van der Waals surface area contributed by atoms with Gasteiger partial charge in [-0.1, -0.05) is 6.92 Å². The zero-order chi connectivity index (χ0) is 16.4. The number of pyridine rings is 1. The molecule has 7 heteroatoms. The Morgan fingerprint density at radius 1 is 1.36 bits per heavy atom. The molecule has 3 N–H and O–H groups in total. The van der Waals surface area contributed by atoms with Crippen molar-refractivity contribution in [3.05, 3.63) is 18.3 Å². The average molecular weight is 308 g/mol. The van der Waals surface area contributed by atoms with Gasteiger partial charge in [0.15, 0.2) is 0 Å². The van der Waals surface area contributed by atoms with Crippen molar-refractivity contribution in [2.24, 2.45) is 0 Å². The molecule has 1 aromatic heterocycles. The molecule has 0 aliphatic heterocycles. The van der Waals surface area contributed by atoms with E-state index in [1.165, 1.54) is 0 Å². The van der Waals surface area contributed by atoms with Crippen molar-refractivity contribution in [1.29, 1.82) is 0 Å². The molecule has 1 rings (SSSR count). The van der Waals surface area contributed by atoms with Crippen LogP contribution >= 0.6 is 0 Å². The number of hydrogen-bond acceptors (Lipinski definition) is 4. The van der Waals surface area contributed by atoms with Crippen molar-refractivity contribution in [2.75, 3.05) is 18.5 Å². The lowest BCUT2D eigenvalue weighted by atomic mass is 10.2. The molecule has 0 aliphatic rings. The Balaban J connectivity index is 2.36. The van der Waals surface area contributed by atoms with E-state index >= 15 is 0 Å². The van der Waals surface area contributed by atoms with Crippen LogP contribution in [-0.4, -0.2) is 36.1 Å². The Morgan fingerprint density at radius 2 is 2.14 bits per heavy atom. The molecule has 3 amide bonds. The van der Waals surface area contributed by atoms with Gasteiger partial charge in [0.1, 0.15) is 5.69 Å². The summed E-state index contributed by atoms with van der Waals surface area (Å²) in [6, 6.07) is 3.15. The second kappa shape index (κ2) is 9.59. The quantitative estimate of drug-likeness (QED) is 0.684. The summed E-state index contributed by atoms with van der Waals surface area (Å²) in [4.78, 5) is 27.4. The van der Waals surface area contributed by atoms with Gasteiger partial charge in [-0.2, -0.15) is 0 Å². The number of nitrogens with zero attached hydrogens (tertiary/aromatic N) is 1. The van der Waals surface area contributed by atoms with Gasteiger partial charge in [0.25, 0.3) is 0 Å². The first-order valence-corrected chi connectivity index (χ1v) is 7.48. The summed E-state index contributed by atoms with van der Waals surface area (Å²) in [5.41, 5.74) is 0.492. The number of urea groups is 1. The predicted molar refractivity (Wildman–Crippen MR) is 84.9 cm³/mol. The molecule has 0 spiro atoms. The summed E-state index contributed by atoms with van der Waals surface area (Å²) in [6.45, 7) is 6.51. The van der Waals surface area contributed by atoms with Crippen LogP contribution in [0.25, 0.3) is 0 Å². The van der Waals surface area contributed by atoms with E-state index in [1.807, 2.05) is 20.8 Å². The molecule has 0 saturated heterocycles. The molecular formula is C15H24N4O3. The zero-order valence-electron chi connectivity index (χ0n) is 13.3. The smallest absolute Gasteiger partial charge is 0.319 e. The van der Waals surface area contributed by atoms with E-state index in [0.717, 1.165) is 6.42 Å². The van der Waals surface area contributed by atoms with Crippen molar-refractivity contribution < 1.29 is 14.3 Å². The van der Waals surface area contributed by atoms with Gasteiger partial charge < -0.3 is 20.7 Å². The molecule has 1 aromatic rings. The number of nitrogens with one attached hydrogen (secondary N) is 3. The summed E-state index contributed by atoms with van der Waals surface area (Å²) in [6.07, 6.45) is 2.71. The van der Waals surface area contributed by atoms with Gasteiger partial charge in [-0.3, -0.25) is 4.79 Å². The fourth-order valence-corrected chi connectivity index (χ4v) is 1.64. The van der Waals surface area contributed by atoms with E-state index in [2.05, 4.69) is 20.9 Å². The number of carbonyl (C=O) groups is 2. The average Bonchev–Trinajstić information content (AvgIpc) is 2.49. The number of ether oxygens (including phenoxy) is 1. The van der Waals surface area contributed by atoms with Crippen LogP contribution in [0.4, 0.5) is 10.5 Å². The number of aromatic nitrogens is 1. The van der Waals surface area contributed by atoms with Gasteiger partial charge >= 0.3 is 6.03 Å². The molecule has 0 radical (unpaired) electrons. The Hall–Kier alpha value is -2.31. The standard InChI is InChI=1S/C15H24N4O3/c1-4-11(3)18-13(20)8-10-17-15(21)19-12-7-6-9-16-14(12)22-5-2/h6-7,9,11H,4-5,8,10H2,1-3H3,(H,18,20)(H2,17,19,21). The van der Waals surface area contributed by atoms with E-state index in [0.29, 0.717) is 18.2 Å². The molecule has 0 saturated carbocycles. The first-order valence-electron chi connectivity index (χ1n) is 7.48. The van der Waals surface area contributed by atoms with E-state index in [1.54, 1.807) is 18.3 Å². The van der Waals surface area contributed by atoms with E-state index in [-0.39, 0.29) is 24.9 Å². The Labute approximate surface area is 130 Å². The highest BCUT2D eigenvalue weighted by atomic mass is 16.5. The molecule has 0 aromatic carbocycles.